The molecule has 0 radical (unpaired) electrons. The van der Waals surface area contributed by atoms with Gasteiger partial charge in [-0.25, -0.2) is 0 Å². The highest BCUT2D eigenvalue weighted by Gasteiger charge is 1.86. The average molecular weight is 185 g/mol. The molecule has 0 spiro atoms. The fourth-order valence-electron chi connectivity index (χ4n) is 0.408. The number of aliphatic hydroxyl groups excluding tert-OH is 1. The van der Waals surface area contributed by atoms with Crippen LogP contribution in [-0.2, 0) is 4.79 Å². The normalized spacial score (nSPS) is 8.17. The summed E-state index contributed by atoms with van der Waals surface area (Å²) in [5.74, 6) is 0. The second-order valence-corrected chi connectivity index (χ2v) is 2.39. The number of carbonyl (C=O) groups excluding carboxylic acids is 1. The lowest BCUT2D eigenvalue weighted by molar-refractivity contribution is -0.111. The number of rotatable bonds is 2. The largest absolute Gasteiger partial charge is 0.396 e. The van der Waals surface area contributed by atoms with Crippen LogP contribution < -0.4 is 0 Å². The molecular weight excluding hydrogens is 174 g/mol. The van der Waals surface area contributed by atoms with Crippen molar-refractivity contribution < 1.29 is 9.90 Å². The van der Waals surface area contributed by atoms with Crippen molar-refractivity contribution in [2.45, 2.75) is 6.42 Å². The van der Waals surface area contributed by atoms with Gasteiger partial charge >= 0.3 is 0 Å². The molecule has 4 heteroatoms. The molecule has 0 unspecified atom stereocenters. The molecule has 0 saturated carbocycles. The third-order valence-corrected chi connectivity index (χ3v) is 1.12. The Morgan fingerprint density at radius 3 is 2.00 bits per heavy atom. The molecular formula is C8H11NO2S. The molecule has 0 atom stereocenters. The highest BCUT2D eigenvalue weighted by atomic mass is 32.1. The molecule has 0 saturated heterocycles. The summed E-state index contributed by atoms with van der Waals surface area (Å²) in [7, 11) is 0. The Morgan fingerprint density at radius 1 is 1.33 bits per heavy atom. The first-order valence-corrected chi connectivity index (χ1v) is 3.89. The number of aliphatic hydroxyl groups is 1. The summed E-state index contributed by atoms with van der Waals surface area (Å²) >= 11 is 3.38. The highest BCUT2D eigenvalue weighted by molar-refractivity contribution is 7.96. The summed E-state index contributed by atoms with van der Waals surface area (Å²) in [5.41, 5.74) is 0. The van der Waals surface area contributed by atoms with E-state index in [-0.39, 0.29) is 18.1 Å². The number of hydrogen-bond donors (Lipinski definition) is 2. The van der Waals surface area contributed by atoms with Gasteiger partial charge in [0, 0.05) is 18.8 Å². The van der Waals surface area contributed by atoms with E-state index in [0.717, 1.165) is 0 Å². The Balaban J connectivity index is 0.000000202. The number of carbonyl (C=O) groups is 1. The van der Waals surface area contributed by atoms with E-state index in [1.807, 2.05) is 18.2 Å². The van der Waals surface area contributed by atoms with Gasteiger partial charge in [0.15, 0.2) is 5.12 Å². The van der Waals surface area contributed by atoms with Gasteiger partial charge in [0.1, 0.15) is 0 Å². The highest BCUT2D eigenvalue weighted by Crippen LogP contribution is 1.82. The SMILES string of the molecule is O=C(S)CCO.c1ccncc1. The maximum Gasteiger partial charge on any atom is 0.188 e. The average Bonchev–Trinajstić information content (AvgIpc) is 2.08. The summed E-state index contributed by atoms with van der Waals surface area (Å²) in [4.78, 5) is 13.5. The first kappa shape index (κ1) is 11.1. The minimum atomic E-state index is -0.266. The smallest absolute Gasteiger partial charge is 0.188 e. The van der Waals surface area contributed by atoms with Gasteiger partial charge in [-0.15, -0.1) is 12.6 Å². The Bertz CT molecular complexity index is 177. The zero-order chi connectivity index (χ0) is 9.23. The van der Waals surface area contributed by atoms with Gasteiger partial charge in [0.05, 0.1) is 6.61 Å². The van der Waals surface area contributed by atoms with Gasteiger partial charge in [-0.3, -0.25) is 9.78 Å². The molecule has 0 amide bonds. The van der Waals surface area contributed by atoms with Crippen molar-refractivity contribution in [3.8, 4) is 0 Å². The van der Waals surface area contributed by atoms with Gasteiger partial charge in [-0.1, -0.05) is 6.07 Å². The third-order valence-electron chi connectivity index (χ3n) is 0.892. The molecule has 1 aromatic heterocycles. The predicted octanol–water partition coefficient (Wildman–Crippen LogP) is 0.907. The Hall–Kier alpha value is -0.870. The van der Waals surface area contributed by atoms with Crippen LogP contribution in [0.15, 0.2) is 30.6 Å². The van der Waals surface area contributed by atoms with E-state index < -0.39 is 0 Å². The molecule has 1 aromatic rings. The topological polar surface area (TPSA) is 50.2 Å². The van der Waals surface area contributed by atoms with Crippen LogP contribution in [0.2, 0.25) is 0 Å². The van der Waals surface area contributed by atoms with E-state index in [0.29, 0.717) is 0 Å². The number of nitrogens with zero attached hydrogens (tertiary/aromatic N) is 1. The van der Waals surface area contributed by atoms with Gasteiger partial charge < -0.3 is 5.11 Å². The van der Waals surface area contributed by atoms with Crippen LogP contribution in [-0.4, -0.2) is 21.8 Å². The van der Waals surface area contributed by atoms with Crippen LogP contribution in [0.5, 0.6) is 0 Å². The molecule has 0 bridgehead atoms. The van der Waals surface area contributed by atoms with E-state index >= 15 is 0 Å². The van der Waals surface area contributed by atoms with Crippen LogP contribution in [0.1, 0.15) is 6.42 Å². The lowest BCUT2D eigenvalue weighted by Gasteiger charge is -1.79. The van der Waals surface area contributed by atoms with Crippen molar-refractivity contribution in [2.75, 3.05) is 6.61 Å². The molecule has 12 heavy (non-hydrogen) atoms. The predicted molar refractivity (Wildman–Crippen MR) is 49.9 cm³/mol. The van der Waals surface area contributed by atoms with Crippen molar-refractivity contribution >= 4 is 17.7 Å². The van der Waals surface area contributed by atoms with E-state index in [4.69, 9.17) is 5.11 Å². The van der Waals surface area contributed by atoms with Gasteiger partial charge in [0.2, 0.25) is 0 Å². The van der Waals surface area contributed by atoms with E-state index in [2.05, 4.69) is 17.6 Å². The van der Waals surface area contributed by atoms with Gasteiger partial charge in [-0.2, -0.15) is 0 Å². The van der Waals surface area contributed by atoms with E-state index in [1.54, 1.807) is 12.4 Å². The first-order valence-electron chi connectivity index (χ1n) is 3.45. The van der Waals surface area contributed by atoms with Crippen molar-refractivity contribution in [3.05, 3.63) is 30.6 Å². The van der Waals surface area contributed by atoms with E-state index in [1.165, 1.54) is 0 Å². The first-order chi connectivity index (χ1) is 5.77. The molecule has 1 rings (SSSR count). The lowest BCUT2D eigenvalue weighted by Crippen LogP contribution is -1.88. The monoisotopic (exact) mass is 185 g/mol. The summed E-state index contributed by atoms with van der Waals surface area (Å²) in [6, 6.07) is 5.72. The van der Waals surface area contributed by atoms with Crippen LogP contribution in [0.3, 0.4) is 0 Å². The minimum absolute atomic E-state index is 0.0949. The minimum Gasteiger partial charge on any atom is -0.396 e. The van der Waals surface area contributed by atoms with Crippen LogP contribution in [0.4, 0.5) is 0 Å². The van der Waals surface area contributed by atoms with Crippen molar-refractivity contribution in [1.29, 1.82) is 0 Å². The Labute approximate surface area is 76.9 Å². The summed E-state index contributed by atoms with van der Waals surface area (Å²) in [5, 5.41) is 7.70. The van der Waals surface area contributed by atoms with Gasteiger partial charge in [0.25, 0.3) is 0 Å². The summed E-state index contributed by atoms with van der Waals surface area (Å²) < 4.78 is 0. The molecule has 0 aliphatic carbocycles. The molecule has 0 aromatic carbocycles. The molecule has 0 fully saturated rings. The lowest BCUT2D eigenvalue weighted by atomic mass is 10.5. The molecule has 1 N–H and O–H groups in total. The third kappa shape index (κ3) is 9.13. The van der Waals surface area contributed by atoms with E-state index in [9.17, 15) is 4.79 Å². The molecule has 3 nitrogen and oxygen atoms in total. The molecule has 0 aliphatic rings. The second-order valence-electron chi connectivity index (χ2n) is 1.89. The maximum atomic E-state index is 9.75. The summed E-state index contributed by atoms with van der Waals surface area (Å²) in [6.45, 7) is -0.0949. The van der Waals surface area contributed by atoms with Crippen LogP contribution >= 0.6 is 12.6 Å². The number of hydrogen-bond acceptors (Lipinski definition) is 3. The maximum absolute atomic E-state index is 9.75. The van der Waals surface area contributed by atoms with Gasteiger partial charge in [-0.05, 0) is 12.1 Å². The van der Waals surface area contributed by atoms with Crippen LogP contribution in [0.25, 0.3) is 0 Å². The fraction of sp³-hybridized carbons (Fsp3) is 0.250. The van der Waals surface area contributed by atoms with Crippen LogP contribution in [0, 0.1) is 0 Å². The standard InChI is InChI=1S/C5H5N.C3H6O2S/c1-2-4-6-5-3-1;4-2-1-3(5)6/h1-5H;4H,1-2H2,(H,5,6). The fourth-order valence-corrected chi connectivity index (χ4v) is 0.508. The number of thiol groups is 1. The second kappa shape index (κ2) is 8.23. The molecule has 1 heterocycles. The summed E-state index contributed by atoms with van der Waals surface area (Å²) in [6.07, 6.45) is 3.66. The number of aromatic nitrogens is 1. The van der Waals surface area contributed by atoms with Crippen molar-refractivity contribution in [1.82, 2.24) is 4.98 Å². The Morgan fingerprint density at radius 2 is 1.92 bits per heavy atom. The zero-order valence-corrected chi connectivity index (χ0v) is 7.45. The molecule has 66 valence electrons. The van der Waals surface area contributed by atoms with Crippen molar-refractivity contribution in [3.63, 3.8) is 0 Å². The zero-order valence-electron chi connectivity index (χ0n) is 6.55. The quantitative estimate of drug-likeness (QED) is 0.673. The Kier molecular flexibility index (Phi) is 7.63. The van der Waals surface area contributed by atoms with Crippen molar-refractivity contribution in [2.24, 2.45) is 0 Å². The molecule has 0 aliphatic heterocycles. The number of pyridine rings is 1.